The van der Waals surface area contributed by atoms with Gasteiger partial charge in [-0.25, -0.2) is 17.8 Å². The molecule has 0 aliphatic carbocycles. The maximum absolute atomic E-state index is 14.7. The summed E-state index contributed by atoms with van der Waals surface area (Å²) in [4.78, 5) is 21.7. The number of benzene rings is 1. The first-order valence-corrected chi connectivity index (χ1v) is 11.6. The number of nitrogens with one attached hydrogen (secondary N) is 1. The van der Waals surface area contributed by atoms with Crippen LogP contribution in [0.1, 0.15) is 19.0 Å². The summed E-state index contributed by atoms with van der Waals surface area (Å²) < 4.78 is 43.8. The van der Waals surface area contributed by atoms with Gasteiger partial charge in [-0.2, -0.15) is 9.40 Å². The Hall–Kier alpha value is -2.63. The number of H-pyrrole nitrogens is 1. The van der Waals surface area contributed by atoms with Crippen molar-refractivity contribution in [2.45, 2.75) is 24.7 Å². The van der Waals surface area contributed by atoms with Crippen molar-refractivity contribution >= 4 is 21.1 Å². The number of nitrogens with zero attached hydrogens (tertiary/aromatic N) is 5. The minimum absolute atomic E-state index is 0.0178. The van der Waals surface area contributed by atoms with Gasteiger partial charge in [0, 0.05) is 33.2 Å². The van der Waals surface area contributed by atoms with Crippen LogP contribution in [0.2, 0.25) is 0 Å². The van der Waals surface area contributed by atoms with E-state index < -0.39 is 21.4 Å². The van der Waals surface area contributed by atoms with Gasteiger partial charge in [0.15, 0.2) is 5.52 Å². The van der Waals surface area contributed by atoms with Crippen molar-refractivity contribution in [2.75, 3.05) is 33.2 Å². The van der Waals surface area contributed by atoms with Gasteiger partial charge >= 0.3 is 0 Å². The Kier molecular flexibility index (Phi) is 5.67. The number of aromatic amines is 1. The Morgan fingerprint density at radius 1 is 1.16 bits per heavy atom. The molecule has 0 saturated carbocycles. The molecule has 1 saturated heterocycles. The summed E-state index contributed by atoms with van der Waals surface area (Å²) in [6.07, 6.45) is 1.43. The molecule has 3 heterocycles. The third kappa shape index (κ3) is 3.88. The maximum Gasteiger partial charge on any atom is 0.277 e. The van der Waals surface area contributed by atoms with Crippen molar-refractivity contribution in [1.29, 1.82) is 0 Å². The highest BCUT2D eigenvalue weighted by Crippen LogP contribution is 2.26. The lowest BCUT2D eigenvalue weighted by Gasteiger charge is -2.31. The van der Waals surface area contributed by atoms with Crippen LogP contribution >= 0.6 is 0 Å². The fourth-order valence-electron chi connectivity index (χ4n) is 3.80. The molecule has 1 N–H and O–H groups in total. The number of aromatic nitrogens is 4. The van der Waals surface area contributed by atoms with Crippen LogP contribution in [-0.2, 0) is 23.5 Å². The third-order valence-electron chi connectivity index (χ3n) is 5.54. The second-order valence-corrected chi connectivity index (χ2v) is 9.72. The highest BCUT2D eigenvalue weighted by atomic mass is 32.2. The second kappa shape index (κ2) is 8.13. The summed E-state index contributed by atoms with van der Waals surface area (Å²) in [6, 6.07) is 3.58. The lowest BCUT2D eigenvalue weighted by Crippen LogP contribution is -2.47. The largest absolute Gasteiger partial charge is 0.305 e. The lowest BCUT2D eigenvalue weighted by molar-refractivity contribution is 0.222. The summed E-state index contributed by atoms with van der Waals surface area (Å²) in [5, 5.41) is 4.36. The Morgan fingerprint density at radius 3 is 2.55 bits per heavy atom. The molecule has 0 spiro atoms. The molecule has 9 nitrogen and oxygen atoms in total. The molecule has 4 rings (SSSR count). The van der Waals surface area contributed by atoms with Crippen LogP contribution in [0.15, 0.2) is 27.9 Å². The maximum atomic E-state index is 14.7. The number of sulfonamides is 1. The number of aryl methyl sites for hydroxylation is 2. The molecule has 2 aromatic heterocycles. The van der Waals surface area contributed by atoms with Crippen molar-refractivity contribution in [3.63, 3.8) is 0 Å². The van der Waals surface area contributed by atoms with Crippen LogP contribution < -0.4 is 5.56 Å². The molecule has 0 bridgehead atoms. The first-order valence-electron chi connectivity index (χ1n) is 10.2. The first-order chi connectivity index (χ1) is 14.7. The van der Waals surface area contributed by atoms with E-state index in [9.17, 15) is 17.6 Å². The predicted octanol–water partition coefficient (Wildman–Crippen LogP) is 1.35. The number of hydrogen-bond donors (Lipinski definition) is 1. The number of hydrogen-bond acceptors (Lipinski definition) is 6. The minimum Gasteiger partial charge on any atom is -0.305 e. The van der Waals surface area contributed by atoms with Crippen molar-refractivity contribution in [3.05, 3.63) is 40.1 Å². The summed E-state index contributed by atoms with van der Waals surface area (Å²) in [5.41, 5.74) is 0.821. The predicted molar refractivity (Wildman–Crippen MR) is 115 cm³/mol. The van der Waals surface area contributed by atoms with Gasteiger partial charge in [-0.15, -0.1) is 0 Å². The second-order valence-electron chi connectivity index (χ2n) is 7.78. The monoisotopic (exact) mass is 447 g/mol. The number of halogens is 1. The molecule has 0 unspecified atom stereocenters. The average molecular weight is 448 g/mol. The fraction of sp³-hybridized carbons (Fsp3) is 0.450. The Labute approximate surface area is 179 Å². The van der Waals surface area contributed by atoms with Crippen LogP contribution in [0, 0.1) is 5.82 Å². The highest BCUT2D eigenvalue weighted by molar-refractivity contribution is 7.89. The zero-order valence-electron chi connectivity index (χ0n) is 17.7. The van der Waals surface area contributed by atoms with Gasteiger partial charge < -0.3 is 9.88 Å². The molecule has 166 valence electrons. The summed E-state index contributed by atoms with van der Waals surface area (Å²) in [5.74, 6) is -0.684. The van der Waals surface area contributed by atoms with E-state index in [1.165, 1.54) is 21.1 Å². The molecular weight excluding hydrogens is 422 g/mol. The molecule has 11 heteroatoms. The SMILES string of the molecule is CCCc1nn(C)c2c(=O)[nH]c(-c3cc(S(=O)(=O)N4CCN(C)CC4)ccc3[18F])nc12. The Morgan fingerprint density at radius 2 is 1.87 bits per heavy atom. The van der Waals surface area contributed by atoms with Gasteiger partial charge in [0.25, 0.3) is 5.56 Å². The summed E-state index contributed by atoms with van der Waals surface area (Å²) in [6.45, 7) is 3.96. The molecule has 0 amide bonds. The van der Waals surface area contributed by atoms with Gasteiger partial charge in [0.1, 0.15) is 17.2 Å². The Balaban J connectivity index is 1.81. The molecule has 3 aromatic rings. The normalized spacial score (nSPS) is 16.3. The highest BCUT2D eigenvalue weighted by Gasteiger charge is 2.28. The van der Waals surface area contributed by atoms with Gasteiger partial charge in [0.2, 0.25) is 10.0 Å². The standard InChI is InChI=1S/C20H25FN6O3S/c1-4-5-16-17-18(26(3)24-16)20(28)23-19(22-17)14-12-13(6-7-15(14)21)31(29,30)27-10-8-25(2)9-11-27/h6-7,12H,4-5,8-11H2,1-3H3,(H,22,23,28)/i21-1. The molecule has 1 fully saturated rings. The molecule has 1 aromatic carbocycles. The first kappa shape index (κ1) is 21.6. The molecule has 1 aliphatic heterocycles. The summed E-state index contributed by atoms with van der Waals surface area (Å²) >= 11 is 0. The van der Waals surface area contributed by atoms with Crippen LogP contribution in [-0.4, -0.2) is 70.6 Å². The van der Waals surface area contributed by atoms with Crippen LogP contribution in [0.5, 0.6) is 0 Å². The topological polar surface area (TPSA) is 104 Å². The number of fused-ring (bicyclic) bond motifs is 1. The van der Waals surface area contributed by atoms with E-state index in [1.807, 2.05) is 18.9 Å². The van der Waals surface area contributed by atoms with Gasteiger partial charge in [-0.1, -0.05) is 13.3 Å². The zero-order chi connectivity index (χ0) is 22.3. The number of likely N-dealkylation sites (N-methyl/N-ethyl adjacent to an activating group) is 1. The van der Waals surface area contributed by atoms with Crippen LogP contribution in [0.3, 0.4) is 0 Å². The van der Waals surface area contributed by atoms with E-state index in [0.717, 1.165) is 12.5 Å². The fourth-order valence-corrected chi connectivity index (χ4v) is 5.25. The molecule has 0 radical (unpaired) electrons. The lowest BCUT2D eigenvalue weighted by atomic mass is 10.2. The van der Waals surface area contributed by atoms with Crippen molar-refractivity contribution < 1.29 is 12.8 Å². The number of piperazine rings is 1. The average Bonchev–Trinajstić information content (AvgIpc) is 3.04. The van der Waals surface area contributed by atoms with E-state index in [0.29, 0.717) is 49.3 Å². The van der Waals surface area contributed by atoms with Crippen LogP contribution in [0.25, 0.3) is 22.4 Å². The van der Waals surface area contributed by atoms with Crippen molar-refractivity contribution in [1.82, 2.24) is 29.0 Å². The quantitative estimate of drug-likeness (QED) is 0.633. The van der Waals surface area contributed by atoms with Crippen molar-refractivity contribution in [2.24, 2.45) is 7.05 Å². The molecule has 1 aliphatic rings. The van der Waals surface area contributed by atoms with Crippen LogP contribution in [0.4, 0.5) is 4.39 Å². The molecular formula is C20H25FN6O3S. The third-order valence-corrected chi connectivity index (χ3v) is 7.44. The van der Waals surface area contributed by atoms with E-state index in [4.69, 9.17) is 0 Å². The molecule has 31 heavy (non-hydrogen) atoms. The van der Waals surface area contributed by atoms with Gasteiger partial charge in [-0.05, 0) is 31.7 Å². The minimum atomic E-state index is -3.79. The zero-order valence-corrected chi connectivity index (χ0v) is 18.5. The van der Waals surface area contributed by atoms with E-state index in [1.54, 1.807) is 7.05 Å². The van der Waals surface area contributed by atoms with E-state index in [-0.39, 0.29) is 16.3 Å². The summed E-state index contributed by atoms with van der Waals surface area (Å²) in [7, 11) is -0.206. The van der Waals surface area contributed by atoms with Gasteiger partial charge in [-0.3, -0.25) is 9.48 Å². The Bertz CT molecular complexity index is 1290. The van der Waals surface area contributed by atoms with E-state index >= 15 is 0 Å². The van der Waals surface area contributed by atoms with Gasteiger partial charge in [0.05, 0.1) is 16.2 Å². The number of rotatable bonds is 5. The van der Waals surface area contributed by atoms with E-state index in [2.05, 4.69) is 15.1 Å². The molecule has 0 atom stereocenters. The van der Waals surface area contributed by atoms with Crippen molar-refractivity contribution in [3.8, 4) is 11.4 Å². The smallest absolute Gasteiger partial charge is 0.277 e.